The normalized spacial score (nSPS) is 12.5. The molecule has 0 aliphatic rings. The monoisotopic (exact) mass is 188 g/mol. The highest BCUT2D eigenvalue weighted by molar-refractivity contribution is 5.76. The summed E-state index contributed by atoms with van der Waals surface area (Å²) in [5, 5.41) is 2.83. The van der Waals surface area contributed by atoms with Gasteiger partial charge in [0.1, 0.15) is 0 Å². The molecule has 1 atom stereocenters. The molecule has 0 saturated heterocycles. The molecule has 78 valence electrons. The first-order valence-electron chi connectivity index (χ1n) is 4.81. The van der Waals surface area contributed by atoms with Crippen LogP contribution in [0.25, 0.3) is 0 Å². The maximum atomic E-state index is 11.2. The van der Waals surface area contributed by atoms with Gasteiger partial charge in [-0.2, -0.15) is 0 Å². The first-order valence-corrected chi connectivity index (χ1v) is 4.81. The number of hydrogen-bond acceptors (Lipinski definition) is 3. The molecule has 0 saturated carbocycles. The Hall–Kier alpha value is -0.610. The van der Waals surface area contributed by atoms with Crippen LogP contribution in [0.1, 0.15) is 26.7 Å². The molecule has 0 bridgehead atoms. The molecule has 1 amide bonds. The van der Waals surface area contributed by atoms with Gasteiger partial charge in [-0.25, -0.2) is 0 Å². The van der Waals surface area contributed by atoms with E-state index in [9.17, 15) is 4.79 Å². The van der Waals surface area contributed by atoms with Gasteiger partial charge < -0.3 is 15.8 Å². The van der Waals surface area contributed by atoms with E-state index in [-0.39, 0.29) is 11.9 Å². The van der Waals surface area contributed by atoms with Crippen molar-refractivity contribution in [1.82, 2.24) is 5.32 Å². The van der Waals surface area contributed by atoms with Crippen LogP contribution in [0.15, 0.2) is 0 Å². The van der Waals surface area contributed by atoms with Crippen molar-refractivity contribution in [3.63, 3.8) is 0 Å². The van der Waals surface area contributed by atoms with Crippen LogP contribution >= 0.6 is 0 Å². The minimum atomic E-state index is 0.0192. The highest BCUT2D eigenvalue weighted by Gasteiger charge is 2.07. The first kappa shape index (κ1) is 12.4. The van der Waals surface area contributed by atoms with Crippen LogP contribution in [0, 0.1) is 0 Å². The number of hydrogen-bond donors (Lipinski definition) is 2. The second-order valence-corrected chi connectivity index (χ2v) is 2.86. The fourth-order valence-electron chi connectivity index (χ4n) is 0.937. The minimum Gasteiger partial charge on any atom is -0.381 e. The molecule has 0 heterocycles. The summed E-state index contributed by atoms with van der Waals surface area (Å²) in [6, 6.07) is 0.106. The molecule has 0 fully saturated rings. The lowest BCUT2D eigenvalue weighted by molar-refractivity contribution is -0.122. The van der Waals surface area contributed by atoms with Crippen molar-refractivity contribution >= 4 is 5.91 Å². The molecule has 13 heavy (non-hydrogen) atoms. The summed E-state index contributed by atoms with van der Waals surface area (Å²) in [5.41, 5.74) is 5.44. The second kappa shape index (κ2) is 8.01. The third kappa shape index (κ3) is 6.54. The summed E-state index contributed by atoms with van der Waals surface area (Å²) >= 11 is 0. The molecular formula is C9H20N2O2. The van der Waals surface area contributed by atoms with Crippen molar-refractivity contribution in [1.29, 1.82) is 0 Å². The number of nitrogens with one attached hydrogen (secondary N) is 1. The fourth-order valence-corrected chi connectivity index (χ4v) is 0.937. The maximum absolute atomic E-state index is 11.2. The van der Waals surface area contributed by atoms with Gasteiger partial charge in [-0.1, -0.05) is 6.92 Å². The molecule has 1 unspecified atom stereocenters. The van der Waals surface area contributed by atoms with Crippen molar-refractivity contribution in [3.8, 4) is 0 Å². The quantitative estimate of drug-likeness (QED) is 0.563. The molecule has 0 aromatic carbocycles. The first-order chi connectivity index (χ1) is 6.24. The zero-order valence-electron chi connectivity index (χ0n) is 8.51. The lowest BCUT2D eigenvalue weighted by atomic mass is 10.2. The molecule has 0 radical (unpaired) electrons. The van der Waals surface area contributed by atoms with E-state index in [1.165, 1.54) is 0 Å². The van der Waals surface area contributed by atoms with Gasteiger partial charge in [0.25, 0.3) is 0 Å². The van der Waals surface area contributed by atoms with Crippen LogP contribution in [-0.2, 0) is 9.53 Å². The largest absolute Gasteiger partial charge is 0.381 e. The van der Waals surface area contributed by atoms with E-state index in [0.717, 1.165) is 6.42 Å². The zero-order valence-corrected chi connectivity index (χ0v) is 8.51. The molecule has 0 spiro atoms. The van der Waals surface area contributed by atoms with Crippen molar-refractivity contribution in [2.24, 2.45) is 5.73 Å². The Balaban J connectivity index is 3.48. The van der Waals surface area contributed by atoms with E-state index < -0.39 is 0 Å². The topological polar surface area (TPSA) is 64.3 Å². The zero-order chi connectivity index (χ0) is 10.1. The second-order valence-electron chi connectivity index (χ2n) is 2.86. The number of nitrogens with two attached hydrogens (primary N) is 1. The molecule has 3 N–H and O–H groups in total. The van der Waals surface area contributed by atoms with E-state index in [1.807, 2.05) is 13.8 Å². The number of carbonyl (C=O) groups excluding carboxylic acids is 1. The van der Waals surface area contributed by atoms with Crippen molar-refractivity contribution in [2.75, 3.05) is 19.8 Å². The van der Waals surface area contributed by atoms with E-state index in [0.29, 0.717) is 26.2 Å². The molecule has 4 heteroatoms. The average molecular weight is 188 g/mol. The summed E-state index contributed by atoms with van der Waals surface area (Å²) in [4.78, 5) is 11.2. The highest BCUT2D eigenvalue weighted by atomic mass is 16.5. The van der Waals surface area contributed by atoms with Crippen molar-refractivity contribution in [3.05, 3.63) is 0 Å². The molecule has 0 rings (SSSR count). The van der Waals surface area contributed by atoms with Gasteiger partial charge in [0.2, 0.25) is 5.91 Å². The van der Waals surface area contributed by atoms with Crippen LogP contribution in [0.4, 0.5) is 0 Å². The standard InChI is InChI=1S/C9H20N2O2/c1-3-8(7-10)11-9(12)5-6-13-4-2/h8H,3-7,10H2,1-2H3,(H,11,12). The van der Waals surface area contributed by atoms with Crippen LogP contribution < -0.4 is 11.1 Å². The number of carbonyl (C=O) groups is 1. The third-order valence-electron chi connectivity index (χ3n) is 1.82. The van der Waals surface area contributed by atoms with E-state index in [2.05, 4.69) is 5.32 Å². The summed E-state index contributed by atoms with van der Waals surface area (Å²) in [6.07, 6.45) is 1.29. The van der Waals surface area contributed by atoms with Gasteiger partial charge >= 0.3 is 0 Å². The van der Waals surface area contributed by atoms with E-state index in [1.54, 1.807) is 0 Å². The van der Waals surface area contributed by atoms with Crippen LogP contribution in [0.3, 0.4) is 0 Å². The van der Waals surface area contributed by atoms with Gasteiger partial charge in [0.05, 0.1) is 6.61 Å². The predicted molar refractivity (Wildman–Crippen MR) is 52.4 cm³/mol. The fraction of sp³-hybridized carbons (Fsp3) is 0.889. The van der Waals surface area contributed by atoms with Gasteiger partial charge in [-0.3, -0.25) is 4.79 Å². The molecule has 0 aromatic heterocycles. The van der Waals surface area contributed by atoms with Crippen molar-refractivity contribution < 1.29 is 9.53 Å². The van der Waals surface area contributed by atoms with Crippen LogP contribution in [0.5, 0.6) is 0 Å². The van der Waals surface area contributed by atoms with Crippen molar-refractivity contribution in [2.45, 2.75) is 32.7 Å². The minimum absolute atomic E-state index is 0.0192. The lowest BCUT2D eigenvalue weighted by Crippen LogP contribution is -2.39. The van der Waals surface area contributed by atoms with E-state index >= 15 is 0 Å². The van der Waals surface area contributed by atoms with Crippen LogP contribution in [-0.4, -0.2) is 31.7 Å². The Labute approximate surface area is 79.8 Å². The smallest absolute Gasteiger partial charge is 0.222 e. The Morgan fingerprint density at radius 1 is 1.54 bits per heavy atom. The molecule has 0 aliphatic carbocycles. The predicted octanol–water partition coefficient (Wildman–Crippen LogP) is 0.267. The highest BCUT2D eigenvalue weighted by Crippen LogP contribution is 1.90. The molecular weight excluding hydrogens is 168 g/mol. The molecule has 0 aliphatic heterocycles. The van der Waals surface area contributed by atoms with Gasteiger partial charge in [0, 0.05) is 25.6 Å². The summed E-state index contributed by atoms with van der Waals surface area (Å²) in [7, 11) is 0. The third-order valence-corrected chi connectivity index (χ3v) is 1.82. The van der Waals surface area contributed by atoms with E-state index in [4.69, 9.17) is 10.5 Å². The molecule has 0 aromatic rings. The number of amides is 1. The van der Waals surface area contributed by atoms with Gasteiger partial charge in [-0.05, 0) is 13.3 Å². The summed E-state index contributed by atoms with van der Waals surface area (Å²) in [6.45, 7) is 5.55. The summed E-state index contributed by atoms with van der Waals surface area (Å²) < 4.78 is 5.06. The van der Waals surface area contributed by atoms with Crippen LogP contribution in [0.2, 0.25) is 0 Å². The van der Waals surface area contributed by atoms with Gasteiger partial charge in [0.15, 0.2) is 0 Å². The lowest BCUT2D eigenvalue weighted by Gasteiger charge is -2.14. The molecule has 4 nitrogen and oxygen atoms in total. The van der Waals surface area contributed by atoms with Gasteiger partial charge in [-0.15, -0.1) is 0 Å². The number of ether oxygens (including phenoxy) is 1. The summed E-state index contributed by atoms with van der Waals surface area (Å²) in [5.74, 6) is 0.0192. The SMILES string of the molecule is CCOCCC(=O)NC(CC)CN. The Kier molecular flexibility index (Phi) is 7.63. The average Bonchev–Trinajstić information content (AvgIpc) is 2.14. The number of rotatable bonds is 7. The Bertz CT molecular complexity index is 136. The maximum Gasteiger partial charge on any atom is 0.222 e. The Morgan fingerprint density at radius 3 is 2.69 bits per heavy atom. The Morgan fingerprint density at radius 2 is 2.23 bits per heavy atom.